The number of carbonyl (C=O) groups is 1. The Balaban J connectivity index is 1.64. The Morgan fingerprint density at radius 2 is 2.05 bits per heavy atom. The highest BCUT2D eigenvalue weighted by Crippen LogP contribution is 2.23. The van der Waals surface area contributed by atoms with Crippen molar-refractivity contribution in [3.63, 3.8) is 0 Å². The lowest BCUT2D eigenvalue weighted by atomic mass is 10.1. The predicted molar refractivity (Wildman–Crippen MR) is 75.5 cm³/mol. The van der Waals surface area contributed by atoms with E-state index in [0.29, 0.717) is 5.56 Å². The molecule has 0 bridgehead atoms. The van der Waals surface area contributed by atoms with Crippen molar-refractivity contribution in [3.8, 4) is 0 Å². The predicted octanol–water partition coefficient (Wildman–Crippen LogP) is 2.34. The van der Waals surface area contributed by atoms with Crippen molar-refractivity contribution < 1.29 is 9.90 Å². The first-order chi connectivity index (χ1) is 9.72. The van der Waals surface area contributed by atoms with Gasteiger partial charge in [0, 0.05) is 37.9 Å². The van der Waals surface area contributed by atoms with Gasteiger partial charge >= 0.3 is 5.97 Å². The first-order valence-electron chi connectivity index (χ1n) is 6.70. The van der Waals surface area contributed by atoms with Gasteiger partial charge < -0.3 is 5.11 Å². The molecule has 0 amide bonds. The minimum absolute atomic E-state index is 0.371. The highest BCUT2D eigenvalue weighted by atomic mass is 16.4. The fourth-order valence-corrected chi connectivity index (χ4v) is 2.57. The van der Waals surface area contributed by atoms with Gasteiger partial charge in [-0.2, -0.15) is 0 Å². The molecule has 3 rings (SSSR count). The second-order valence-electron chi connectivity index (χ2n) is 5.07. The monoisotopic (exact) mass is 268 g/mol. The molecule has 2 heterocycles. The third-order valence-corrected chi connectivity index (χ3v) is 3.65. The molecule has 0 radical (unpaired) electrons. The summed E-state index contributed by atoms with van der Waals surface area (Å²) in [4.78, 5) is 17.6. The zero-order valence-electron chi connectivity index (χ0n) is 11.1. The van der Waals surface area contributed by atoms with Gasteiger partial charge in [-0.15, -0.1) is 0 Å². The molecule has 1 aromatic heterocycles. The van der Waals surface area contributed by atoms with Crippen molar-refractivity contribution in [2.24, 2.45) is 0 Å². The van der Waals surface area contributed by atoms with Crippen molar-refractivity contribution >= 4 is 5.97 Å². The van der Waals surface area contributed by atoms with Crippen molar-refractivity contribution in [2.45, 2.75) is 19.5 Å². The van der Waals surface area contributed by atoms with Crippen LogP contribution < -0.4 is 0 Å². The summed E-state index contributed by atoms with van der Waals surface area (Å²) in [6.07, 6.45) is 2.73. The molecule has 0 unspecified atom stereocenters. The maximum atomic E-state index is 11.0. The second-order valence-corrected chi connectivity index (χ2v) is 5.07. The molecule has 0 aliphatic carbocycles. The largest absolute Gasteiger partial charge is 0.478 e. The van der Waals surface area contributed by atoms with Crippen LogP contribution in [0.25, 0.3) is 0 Å². The maximum absolute atomic E-state index is 11.0. The van der Waals surface area contributed by atoms with E-state index >= 15 is 0 Å². The van der Waals surface area contributed by atoms with Gasteiger partial charge in [-0.25, -0.2) is 4.79 Å². The van der Waals surface area contributed by atoms with Crippen LogP contribution >= 0.6 is 0 Å². The lowest BCUT2D eigenvalue weighted by Gasteiger charge is -2.13. The molecule has 0 saturated carbocycles. The van der Waals surface area contributed by atoms with Gasteiger partial charge in [0.2, 0.25) is 0 Å². The van der Waals surface area contributed by atoms with E-state index in [1.165, 1.54) is 5.56 Å². The van der Waals surface area contributed by atoms with Crippen molar-refractivity contribution in [3.05, 3.63) is 65.0 Å². The summed E-state index contributed by atoms with van der Waals surface area (Å²) < 4.78 is 0. The lowest BCUT2D eigenvalue weighted by molar-refractivity contribution is 0.0696. The number of carboxylic acids is 1. The summed E-state index contributed by atoms with van der Waals surface area (Å²) in [5, 5.41) is 9.01. The number of benzene rings is 1. The van der Waals surface area contributed by atoms with Gasteiger partial charge in [-0.3, -0.25) is 9.88 Å². The number of hydrogen-bond acceptors (Lipinski definition) is 3. The van der Waals surface area contributed by atoms with E-state index in [9.17, 15) is 4.79 Å². The smallest absolute Gasteiger partial charge is 0.335 e. The molecule has 0 fully saturated rings. The molecule has 4 nitrogen and oxygen atoms in total. The number of pyridine rings is 1. The third kappa shape index (κ3) is 2.70. The van der Waals surface area contributed by atoms with Crippen LogP contribution in [0, 0.1) is 0 Å². The van der Waals surface area contributed by atoms with Crippen molar-refractivity contribution in [1.82, 2.24) is 9.88 Å². The third-order valence-electron chi connectivity index (χ3n) is 3.65. The van der Waals surface area contributed by atoms with Gasteiger partial charge in [0.05, 0.1) is 5.56 Å². The SMILES string of the molecule is O=C(O)c1ccc2c(c1)CN(CCc1ccccn1)C2. The molecule has 102 valence electrons. The normalized spacial score (nSPS) is 14.2. The number of fused-ring (bicyclic) bond motifs is 1. The first-order valence-corrected chi connectivity index (χ1v) is 6.70. The van der Waals surface area contributed by atoms with E-state index < -0.39 is 5.97 Å². The number of carboxylic acid groups (broad SMARTS) is 1. The number of aromatic nitrogens is 1. The van der Waals surface area contributed by atoms with E-state index in [1.54, 1.807) is 12.1 Å². The fraction of sp³-hybridized carbons (Fsp3) is 0.250. The highest BCUT2D eigenvalue weighted by Gasteiger charge is 2.19. The average Bonchev–Trinajstić information content (AvgIpc) is 2.88. The molecule has 0 spiro atoms. The van der Waals surface area contributed by atoms with E-state index in [1.807, 2.05) is 30.5 Å². The molecule has 2 aromatic rings. The number of aromatic carboxylic acids is 1. The fourth-order valence-electron chi connectivity index (χ4n) is 2.57. The maximum Gasteiger partial charge on any atom is 0.335 e. The van der Waals surface area contributed by atoms with Crippen molar-refractivity contribution in [1.29, 1.82) is 0 Å². The highest BCUT2D eigenvalue weighted by molar-refractivity contribution is 5.87. The Bertz CT molecular complexity index is 626. The van der Waals surface area contributed by atoms with Crippen LogP contribution in [0.2, 0.25) is 0 Å². The van der Waals surface area contributed by atoms with Gasteiger partial charge in [0.15, 0.2) is 0 Å². The Kier molecular flexibility index (Phi) is 3.48. The molecule has 20 heavy (non-hydrogen) atoms. The Morgan fingerprint density at radius 3 is 2.80 bits per heavy atom. The Hall–Kier alpha value is -2.20. The van der Waals surface area contributed by atoms with E-state index in [4.69, 9.17) is 5.11 Å². The van der Waals surface area contributed by atoms with Crippen LogP contribution in [-0.4, -0.2) is 27.5 Å². The molecular weight excluding hydrogens is 252 g/mol. The molecule has 1 aromatic carbocycles. The summed E-state index contributed by atoms with van der Waals surface area (Å²) in [5.41, 5.74) is 3.83. The van der Waals surface area contributed by atoms with E-state index in [-0.39, 0.29) is 0 Å². The van der Waals surface area contributed by atoms with Crippen LogP contribution in [0.1, 0.15) is 27.2 Å². The van der Waals surface area contributed by atoms with Crippen molar-refractivity contribution in [2.75, 3.05) is 6.54 Å². The lowest BCUT2D eigenvalue weighted by Crippen LogP contribution is -2.19. The minimum atomic E-state index is -0.861. The first kappa shape index (κ1) is 12.8. The number of rotatable bonds is 4. The van der Waals surface area contributed by atoms with Crippen LogP contribution in [0.3, 0.4) is 0 Å². The van der Waals surface area contributed by atoms with Crippen LogP contribution in [0.5, 0.6) is 0 Å². The van der Waals surface area contributed by atoms with Gasteiger partial charge in [0.1, 0.15) is 0 Å². The summed E-state index contributed by atoms with van der Waals surface area (Å²) in [7, 11) is 0. The van der Waals surface area contributed by atoms with Gasteiger partial charge in [0.25, 0.3) is 0 Å². The average molecular weight is 268 g/mol. The van der Waals surface area contributed by atoms with Crippen LogP contribution in [-0.2, 0) is 19.5 Å². The minimum Gasteiger partial charge on any atom is -0.478 e. The van der Waals surface area contributed by atoms with E-state index in [0.717, 1.165) is 37.3 Å². The zero-order chi connectivity index (χ0) is 13.9. The standard InChI is InChI=1S/C16H16N2O2/c19-16(20)12-4-5-13-10-18(11-14(13)9-12)8-6-15-3-1-2-7-17-15/h1-5,7,9H,6,8,10-11H2,(H,19,20). The number of nitrogens with zero attached hydrogens (tertiary/aromatic N) is 2. The molecule has 0 atom stereocenters. The molecule has 0 saturated heterocycles. The quantitative estimate of drug-likeness (QED) is 0.924. The van der Waals surface area contributed by atoms with E-state index in [2.05, 4.69) is 9.88 Å². The van der Waals surface area contributed by atoms with Crippen LogP contribution in [0.15, 0.2) is 42.6 Å². The molecule has 1 aliphatic rings. The summed E-state index contributed by atoms with van der Waals surface area (Å²) in [6.45, 7) is 2.65. The zero-order valence-corrected chi connectivity index (χ0v) is 11.1. The van der Waals surface area contributed by atoms with Gasteiger partial charge in [-0.05, 0) is 35.4 Å². The molecule has 1 aliphatic heterocycles. The molecular formula is C16H16N2O2. The van der Waals surface area contributed by atoms with Crippen LogP contribution in [0.4, 0.5) is 0 Å². The Labute approximate surface area is 117 Å². The summed E-state index contributed by atoms with van der Waals surface area (Å²) in [5.74, 6) is -0.861. The summed E-state index contributed by atoms with van der Waals surface area (Å²) >= 11 is 0. The molecule has 1 N–H and O–H groups in total. The van der Waals surface area contributed by atoms with Gasteiger partial charge in [-0.1, -0.05) is 12.1 Å². The number of hydrogen-bond donors (Lipinski definition) is 1. The summed E-state index contributed by atoms with van der Waals surface area (Å²) in [6, 6.07) is 11.4. The Morgan fingerprint density at radius 1 is 1.20 bits per heavy atom. The topological polar surface area (TPSA) is 53.4 Å². The molecule has 4 heteroatoms. The second kappa shape index (κ2) is 5.43.